The van der Waals surface area contributed by atoms with E-state index < -0.39 is 0 Å². The van der Waals surface area contributed by atoms with E-state index in [2.05, 4.69) is 12.2 Å². The minimum Gasteiger partial charge on any atom is -0.346 e. The van der Waals surface area contributed by atoms with Gasteiger partial charge in [0.2, 0.25) is 11.8 Å². The van der Waals surface area contributed by atoms with Crippen LogP contribution in [0.2, 0.25) is 0 Å². The fourth-order valence-electron chi connectivity index (χ4n) is 2.30. The standard InChI is InChI=1S/C16H22N2O2/c1-3-4-10-18(2)16(20)14-11-13(14)15(19)17-12-8-6-5-7-9-12/h5-9,13-14H,3-4,10-11H2,1-2H3,(H,17,19). The van der Waals surface area contributed by atoms with Crippen molar-refractivity contribution in [2.24, 2.45) is 11.8 Å². The fraction of sp³-hybridized carbons (Fsp3) is 0.500. The average Bonchev–Trinajstić information content (AvgIpc) is 3.25. The van der Waals surface area contributed by atoms with Crippen LogP contribution >= 0.6 is 0 Å². The molecule has 0 bridgehead atoms. The quantitative estimate of drug-likeness (QED) is 0.866. The Morgan fingerprint density at radius 1 is 1.25 bits per heavy atom. The second-order valence-corrected chi connectivity index (χ2v) is 5.42. The number of rotatable bonds is 6. The Balaban J connectivity index is 1.82. The van der Waals surface area contributed by atoms with Gasteiger partial charge in [-0.25, -0.2) is 0 Å². The number of amides is 2. The Bertz CT molecular complexity index is 473. The summed E-state index contributed by atoms with van der Waals surface area (Å²) in [5.74, 6) is -0.225. The van der Waals surface area contributed by atoms with Crippen molar-refractivity contribution in [3.05, 3.63) is 30.3 Å². The SMILES string of the molecule is CCCCN(C)C(=O)C1CC1C(=O)Nc1ccccc1. The highest BCUT2D eigenvalue weighted by Crippen LogP contribution is 2.40. The van der Waals surface area contributed by atoms with Crippen molar-refractivity contribution in [2.45, 2.75) is 26.2 Å². The number of unbranched alkanes of at least 4 members (excludes halogenated alkanes) is 1. The molecule has 1 N–H and O–H groups in total. The summed E-state index contributed by atoms with van der Waals surface area (Å²) < 4.78 is 0. The molecule has 0 heterocycles. The molecule has 4 heteroatoms. The van der Waals surface area contributed by atoms with Crippen molar-refractivity contribution in [3.8, 4) is 0 Å². The first-order chi connectivity index (χ1) is 9.63. The smallest absolute Gasteiger partial charge is 0.228 e. The Kier molecular flexibility index (Phi) is 4.77. The highest BCUT2D eigenvalue weighted by Gasteiger charge is 2.48. The number of nitrogens with one attached hydrogen (secondary N) is 1. The number of benzene rings is 1. The molecule has 1 aromatic carbocycles. The molecule has 20 heavy (non-hydrogen) atoms. The molecule has 0 aromatic heterocycles. The largest absolute Gasteiger partial charge is 0.346 e. The third-order valence-corrected chi connectivity index (χ3v) is 3.71. The molecular formula is C16H22N2O2. The lowest BCUT2D eigenvalue weighted by atomic mass is 10.2. The van der Waals surface area contributed by atoms with Gasteiger partial charge >= 0.3 is 0 Å². The number of anilines is 1. The van der Waals surface area contributed by atoms with Crippen molar-refractivity contribution < 1.29 is 9.59 Å². The average molecular weight is 274 g/mol. The van der Waals surface area contributed by atoms with Crippen molar-refractivity contribution in [2.75, 3.05) is 18.9 Å². The number of carbonyl (C=O) groups is 2. The molecule has 4 nitrogen and oxygen atoms in total. The molecule has 1 aromatic rings. The molecule has 0 radical (unpaired) electrons. The van der Waals surface area contributed by atoms with E-state index in [0.29, 0.717) is 6.42 Å². The molecule has 108 valence electrons. The van der Waals surface area contributed by atoms with Crippen molar-refractivity contribution in [3.63, 3.8) is 0 Å². The summed E-state index contributed by atoms with van der Waals surface area (Å²) in [5, 5.41) is 2.86. The van der Waals surface area contributed by atoms with Gasteiger partial charge in [0.1, 0.15) is 0 Å². The summed E-state index contributed by atoms with van der Waals surface area (Å²) in [5.41, 5.74) is 0.787. The Morgan fingerprint density at radius 3 is 2.60 bits per heavy atom. The molecule has 2 unspecified atom stereocenters. The molecular weight excluding hydrogens is 252 g/mol. The van der Waals surface area contributed by atoms with Crippen LogP contribution in [0.4, 0.5) is 5.69 Å². The van der Waals surface area contributed by atoms with Gasteiger partial charge in [-0.3, -0.25) is 9.59 Å². The van der Waals surface area contributed by atoms with E-state index in [1.54, 1.807) is 4.90 Å². The van der Waals surface area contributed by atoms with E-state index in [4.69, 9.17) is 0 Å². The summed E-state index contributed by atoms with van der Waals surface area (Å²) in [6.45, 7) is 2.88. The van der Waals surface area contributed by atoms with Crippen LogP contribution in [0.1, 0.15) is 26.2 Å². The summed E-state index contributed by atoms with van der Waals surface area (Å²) in [6.07, 6.45) is 2.75. The number of para-hydroxylation sites is 1. The molecule has 1 fully saturated rings. The van der Waals surface area contributed by atoms with Crippen LogP contribution in [-0.2, 0) is 9.59 Å². The molecule has 0 aliphatic heterocycles. The molecule has 2 rings (SSSR count). The zero-order valence-corrected chi connectivity index (χ0v) is 12.1. The number of carbonyl (C=O) groups excluding carboxylic acids is 2. The predicted molar refractivity (Wildman–Crippen MR) is 79.2 cm³/mol. The van der Waals surface area contributed by atoms with Crippen LogP contribution in [0.5, 0.6) is 0 Å². The third-order valence-electron chi connectivity index (χ3n) is 3.71. The molecule has 1 saturated carbocycles. The highest BCUT2D eigenvalue weighted by molar-refractivity contribution is 5.99. The Hall–Kier alpha value is -1.84. The van der Waals surface area contributed by atoms with Crippen LogP contribution in [0, 0.1) is 11.8 Å². The van der Waals surface area contributed by atoms with Gasteiger partial charge in [0.15, 0.2) is 0 Å². The topological polar surface area (TPSA) is 49.4 Å². The van der Waals surface area contributed by atoms with E-state index in [-0.39, 0.29) is 23.7 Å². The van der Waals surface area contributed by atoms with Crippen molar-refractivity contribution in [1.82, 2.24) is 4.90 Å². The van der Waals surface area contributed by atoms with Gasteiger partial charge in [0, 0.05) is 19.3 Å². The lowest BCUT2D eigenvalue weighted by Crippen LogP contribution is -2.30. The summed E-state index contributed by atoms with van der Waals surface area (Å²) in [7, 11) is 1.82. The van der Waals surface area contributed by atoms with Crippen LogP contribution < -0.4 is 5.32 Å². The van der Waals surface area contributed by atoms with Crippen LogP contribution in [-0.4, -0.2) is 30.3 Å². The summed E-state index contributed by atoms with van der Waals surface area (Å²) >= 11 is 0. The van der Waals surface area contributed by atoms with Gasteiger partial charge in [-0.1, -0.05) is 31.5 Å². The van der Waals surface area contributed by atoms with Crippen LogP contribution in [0.25, 0.3) is 0 Å². The number of hydrogen-bond acceptors (Lipinski definition) is 2. The normalized spacial score (nSPS) is 20.3. The number of nitrogens with zero attached hydrogens (tertiary/aromatic N) is 1. The molecule has 2 atom stereocenters. The van der Waals surface area contributed by atoms with Gasteiger partial charge in [-0.15, -0.1) is 0 Å². The van der Waals surface area contributed by atoms with Gasteiger partial charge in [0.05, 0.1) is 11.8 Å². The molecule has 1 aliphatic rings. The number of hydrogen-bond donors (Lipinski definition) is 1. The van der Waals surface area contributed by atoms with E-state index in [0.717, 1.165) is 25.1 Å². The van der Waals surface area contributed by atoms with E-state index in [1.807, 2.05) is 37.4 Å². The zero-order valence-electron chi connectivity index (χ0n) is 12.1. The molecule has 0 saturated heterocycles. The first-order valence-electron chi connectivity index (χ1n) is 7.24. The second-order valence-electron chi connectivity index (χ2n) is 5.42. The minimum absolute atomic E-state index is 0.0431. The monoisotopic (exact) mass is 274 g/mol. The lowest BCUT2D eigenvalue weighted by Gasteiger charge is -2.16. The summed E-state index contributed by atoms with van der Waals surface area (Å²) in [4.78, 5) is 25.9. The highest BCUT2D eigenvalue weighted by atomic mass is 16.2. The second kappa shape index (κ2) is 6.55. The maximum atomic E-state index is 12.1. The van der Waals surface area contributed by atoms with Crippen molar-refractivity contribution >= 4 is 17.5 Å². The predicted octanol–water partition coefficient (Wildman–Crippen LogP) is 2.52. The maximum absolute atomic E-state index is 12.1. The van der Waals surface area contributed by atoms with E-state index >= 15 is 0 Å². The Labute approximate surface area is 120 Å². The molecule has 1 aliphatic carbocycles. The first kappa shape index (κ1) is 14.6. The van der Waals surface area contributed by atoms with Gasteiger partial charge in [-0.2, -0.15) is 0 Å². The first-order valence-corrected chi connectivity index (χ1v) is 7.24. The van der Waals surface area contributed by atoms with E-state index in [1.165, 1.54) is 0 Å². The van der Waals surface area contributed by atoms with E-state index in [9.17, 15) is 9.59 Å². The lowest BCUT2D eigenvalue weighted by molar-refractivity contribution is -0.132. The third kappa shape index (κ3) is 3.59. The minimum atomic E-state index is -0.160. The summed E-state index contributed by atoms with van der Waals surface area (Å²) in [6, 6.07) is 9.37. The maximum Gasteiger partial charge on any atom is 0.228 e. The van der Waals surface area contributed by atoms with Crippen LogP contribution in [0.3, 0.4) is 0 Å². The fourth-order valence-corrected chi connectivity index (χ4v) is 2.30. The molecule has 0 spiro atoms. The van der Waals surface area contributed by atoms with Gasteiger partial charge in [0.25, 0.3) is 0 Å². The van der Waals surface area contributed by atoms with Crippen molar-refractivity contribution in [1.29, 1.82) is 0 Å². The van der Waals surface area contributed by atoms with Gasteiger partial charge in [-0.05, 0) is 25.0 Å². The Morgan fingerprint density at radius 2 is 1.95 bits per heavy atom. The zero-order chi connectivity index (χ0) is 14.5. The van der Waals surface area contributed by atoms with Crippen LogP contribution in [0.15, 0.2) is 30.3 Å². The molecule has 2 amide bonds. The van der Waals surface area contributed by atoms with Gasteiger partial charge < -0.3 is 10.2 Å².